The Bertz CT molecular complexity index is 394. The van der Waals surface area contributed by atoms with E-state index in [2.05, 4.69) is 19.1 Å². The summed E-state index contributed by atoms with van der Waals surface area (Å²) in [5.41, 5.74) is 2.46. The second-order valence-electron chi connectivity index (χ2n) is 4.00. The molecule has 2 rings (SSSR count). The topological polar surface area (TPSA) is 20.3 Å². The van der Waals surface area contributed by atoms with Gasteiger partial charge in [0.15, 0.2) is 0 Å². The third-order valence-electron chi connectivity index (χ3n) is 2.79. The number of hydrogen-bond donors (Lipinski definition) is 0. The molecule has 1 aliphatic heterocycles. The summed E-state index contributed by atoms with van der Waals surface area (Å²) in [4.78, 5) is 13.1. The minimum atomic E-state index is 0.119. The highest BCUT2D eigenvalue weighted by Gasteiger charge is 2.23. The quantitative estimate of drug-likeness (QED) is 0.684. The van der Waals surface area contributed by atoms with Crippen LogP contribution in [0.25, 0.3) is 5.57 Å². The molecule has 2 nitrogen and oxygen atoms in total. The first-order chi connectivity index (χ1) is 7.18. The summed E-state index contributed by atoms with van der Waals surface area (Å²) in [6, 6.07) is 10.5. The Morgan fingerprint density at radius 1 is 1.33 bits per heavy atom. The number of hydrogen-bond acceptors (Lipinski definition) is 1. The summed E-state index contributed by atoms with van der Waals surface area (Å²) in [5.74, 6) is 0.119. The van der Waals surface area contributed by atoms with E-state index < -0.39 is 0 Å². The van der Waals surface area contributed by atoms with Gasteiger partial charge in [-0.2, -0.15) is 0 Å². The molecule has 1 aromatic rings. The van der Waals surface area contributed by atoms with Crippen LogP contribution in [0.3, 0.4) is 0 Å². The molecule has 2 heteroatoms. The molecular formula is C13H15NO. The maximum atomic E-state index is 11.3. The van der Waals surface area contributed by atoms with E-state index in [-0.39, 0.29) is 11.9 Å². The van der Waals surface area contributed by atoms with E-state index in [1.54, 1.807) is 6.92 Å². The van der Waals surface area contributed by atoms with Crippen LogP contribution in [0.1, 0.15) is 25.8 Å². The van der Waals surface area contributed by atoms with Gasteiger partial charge >= 0.3 is 0 Å². The van der Waals surface area contributed by atoms with Gasteiger partial charge in [-0.25, -0.2) is 0 Å². The summed E-state index contributed by atoms with van der Waals surface area (Å²) in [7, 11) is 0. The maximum absolute atomic E-state index is 11.3. The summed E-state index contributed by atoms with van der Waals surface area (Å²) in [5, 5.41) is 0. The SMILES string of the molecule is CC(=O)N1C=C(c2ccccc2)C[C@H]1C. The lowest BCUT2D eigenvalue weighted by atomic mass is 10.0. The monoisotopic (exact) mass is 201 g/mol. The maximum Gasteiger partial charge on any atom is 0.223 e. The zero-order valence-electron chi connectivity index (χ0n) is 9.10. The van der Waals surface area contributed by atoms with E-state index in [9.17, 15) is 4.79 Å². The highest BCUT2D eigenvalue weighted by Crippen LogP contribution is 2.29. The normalized spacial score (nSPS) is 20.3. The van der Waals surface area contributed by atoms with Gasteiger partial charge in [0.05, 0.1) is 0 Å². The lowest BCUT2D eigenvalue weighted by Gasteiger charge is -2.16. The Balaban J connectivity index is 2.27. The fourth-order valence-corrected chi connectivity index (χ4v) is 2.01. The molecule has 0 N–H and O–H groups in total. The summed E-state index contributed by atoms with van der Waals surface area (Å²) >= 11 is 0. The molecule has 0 spiro atoms. The van der Waals surface area contributed by atoms with Gasteiger partial charge in [0, 0.05) is 19.2 Å². The van der Waals surface area contributed by atoms with Crippen LogP contribution < -0.4 is 0 Å². The van der Waals surface area contributed by atoms with Gasteiger partial charge in [0.2, 0.25) is 5.91 Å². The average molecular weight is 201 g/mol. The number of amides is 1. The summed E-state index contributed by atoms with van der Waals surface area (Å²) in [6.45, 7) is 3.69. The standard InChI is InChI=1S/C13H15NO/c1-10-8-13(9-14(10)11(2)15)12-6-4-3-5-7-12/h3-7,9-10H,8H2,1-2H3/t10-/m1/s1. The van der Waals surface area contributed by atoms with Crippen LogP contribution in [-0.2, 0) is 4.79 Å². The average Bonchev–Trinajstić information content (AvgIpc) is 2.62. The van der Waals surface area contributed by atoms with Crippen LogP contribution in [0, 0.1) is 0 Å². The molecule has 1 heterocycles. The van der Waals surface area contributed by atoms with Crippen LogP contribution in [0.15, 0.2) is 36.5 Å². The zero-order chi connectivity index (χ0) is 10.8. The van der Waals surface area contributed by atoms with Crippen LogP contribution in [0.5, 0.6) is 0 Å². The molecule has 1 aliphatic rings. The largest absolute Gasteiger partial charge is 0.316 e. The van der Waals surface area contributed by atoms with Crippen molar-refractivity contribution < 1.29 is 4.79 Å². The molecular weight excluding hydrogens is 186 g/mol. The Morgan fingerprint density at radius 2 is 2.00 bits per heavy atom. The number of carbonyl (C=O) groups excluding carboxylic acids is 1. The Kier molecular flexibility index (Phi) is 2.58. The third kappa shape index (κ3) is 1.94. The minimum absolute atomic E-state index is 0.119. The van der Waals surface area contributed by atoms with Crippen molar-refractivity contribution in [1.82, 2.24) is 4.90 Å². The lowest BCUT2D eigenvalue weighted by molar-refractivity contribution is -0.127. The molecule has 0 radical (unpaired) electrons. The molecule has 0 bridgehead atoms. The van der Waals surface area contributed by atoms with E-state index in [1.807, 2.05) is 29.3 Å². The second-order valence-corrected chi connectivity index (χ2v) is 4.00. The molecule has 1 atom stereocenters. The van der Waals surface area contributed by atoms with Gasteiger partial charge in [-0.05, 0) is 24.5 Å². The van der Waals surface area contributed by atoms with Gasteiger partial charge in [-0.15, -0.1) is 0 Å². The Hall–Kier alpha value is -1.57. The van der Waals surface area contributed by atoms with E-state index in [0.29, 0.717) is 0 Å². The zero-order valence-corrected chi connectivity index (χ0v) is 9.10. The first-order valence-electron chi connectivity index (χ1n) is 5.23. The van der Waals surface area contributed by atoms with Gasteiger partial charge in [-0.1, -0.05) is 30.3 Å². The van der Waals surface area contributed by atoms with Crippen molar-refractivity contribution in [2.45, 2.75) is 26.3 Å². The van der Waals surface area contributed by atoms with Crippen molar-refractivity contribution in [3.63, 3.8) is 0 Å². The molecule has 15 heavy (non-hydrogen) atoms. The number of benzene rings is 1. The van der Waals surface area contributed by atoms with Crippen molar-refractivity contribution in [2.75, 3.05) is 0 Å². The summed E-state index contributed by atoms with van der Waals surface area (Å²) < 4.78 is 0. The van der Waals surface area contributed by atoms with E-state index >= 15 is 0 Å². The van der Waals surface area contributed by atoms with Crippen molar-refractivity contribution in [2.24, 2.45) is 0 Å². The van der Waals surface area contributed by atoms with E-state index in [4.69, 9.17) is 0 Å². The molecule has 0 unspecified atom stereocenters. The minimum Gasteiger partial charge on any atom is -0.316 e. The molecule has 1 aromatic carbocycles. The summed E-state index contributed by atoms with van der Waals surface area (Å²) in [6.07, 6.45) is 2.92. The number of rotatable bonds is 1. The molecule has 0 fully saturated rings. The third-order valence-corrected chi connectivity index (χ3v) is 2.79. The van der Waals surface area contributed by atoms with E-state index in [0.717, 1.165) is 6.42 Å². The molecule has 78 valence electrons. The molecule has 0 saturated carbocycles. The van der Waals surface area contributed by atoms with Crippen LogP contribution in [0.2, 0.25) is 0 Å². The smallest absolute Gasteiger partial charge is 0.223 e. The molecule has 0 aliphatic carbocycles. The van der Waals surface area contributed by atoms with E-state index in [1.165, 1.54) is 11.1 Å². The van der Waals surface area contributed by atoms with Crippen LogP contribution >= 0.6 is 0 Å². The van der Waals surface area contributed by atoms with Crippen molar-refractivity contribution >= 4 is 11.5 Å². The fourth-order valence-electron chi connectivity index (χ4n) is 2.01. The first-order valence-corrected chi connectivity index (χ1v) is 5.23. The van der Waals surface area contributed by atoms with Gasteiger partial charge < -0.3 is 4.90 Å². The molecule has 0 saturated heterocycles. The molecule has 1 amide bonds. The van der Waals surface area contributed by atoms with Crippen LogP contribution in [0.4, 0.5) is 0 Å². The predicted molar refractivity (Wildman–Crippen MR) is 61.0 cm³/mol. The fraction of sp³-hybridized carbons (Fsp3) is 0.308. The second kappa shape index (κ2) is 3.89. The van der Waals surface area contributed by atoms with Crippen molar-refractivity contribution in [3.8, 4) is 0 Å². The molecule has 0 aromatic heterocycles. The van der Waals surface area contributed by atoms with Gasteiger partial charge in [0.25, 0.3) is 0 Å². The number of nitrogens with zero attached hydrogens (tertiary/aromatic N) is 1. The lowest BCUT2D eigenvalue weighted by Crippen LogP contribution is -2.27. The highest BCUT2D eigenvalue weighted by atomic mass is 16.2. The number of carbonyl (C=O) groups is 1. The predicted octanol–water partition coefficient (Wildman–Crippen LogP) is 2.67. The van der Waals surface area contributed by atoms with Gasteiger partial charge in [-0.3, -0.25) is 4.79 Å². The van der Waals surface area contributed by atoms with Crippen molar-refractivity contribution in [3.05, 3.63) is 42.1 Å². The Labute approximate surface area is 90.2 Å². The van der Waals surface area contributed by atoms with Crippen LogP contribution in [-0.4, -0.2) is 16.8 Å². The van der Waals surface area contributed by atoms with Crippen molar-refractivity contribution in [1.29, 1.82) is 0 Å². The van der Waals surface area contributed by atoms with Gasteiger partial charge in [0.1, 0.15) is 0 Å². The highest BCUT2D eigenvalue weighted by molar-refractivity contribution is 5.80. The Morgan fingerprint density at radius 3 is 2.53 bits per heavy atom. The first kappa shape index (κ1) is 9.97.